The molecule has 1 heterocycles. The van der Waals surface area contributed by atoms with Gasteiger partial charge in [0.2, 0.25) is 5.91 Å². The average Bonchev–Trinajstić information content (AvgIpc) is 3.06. The van der Waals surface area contributed by atoms with Gasteiger partial charge in [-0.15, -0.1) is 0 Å². The number of rotatable bonds is 9. The maximum absolute atomic E-state index is 11.9. The molecule has 1 amide bonds. The van der Waals surface area contributed by atoms with Gasteiger partial charge in [0.1, 0.15) is 24.7 Å². The number of ether oxygens (including phenoxy) is 2. The molecular formula is C22H25NO5. The van der Waals surface area contributed by atoms with Crippen LogP contribution in [-0.2, 0) is 16.0 Å². The Kier molecular flexibility index (Phi) is 6.53. The zero-order valence-corrected chi connectivity index (χ0v) is 16.0. The Bertz CT molecular complexity index is 818. The number of aliphatic carboxylic acids is 1. The summed E-state index contributed by atoms with van der Waals surface area (Å²) in [7, 11) is 0. The molecule has 1 fully saturated rings. The zero-order valence-electron chi connectivity index (χ0n) is 16.0. The van der Waals surface area contributed by atoms with Crippen molar-refractivity contribution < 1.29 is 24.2 Å². The van der Waals surface area contributed by atoms with E-state index in [1.807, 2.05) is 55.5 Å². The molecule has 1 N–H and O–H groups in total. The van der Waals surface area contributed by atoms with Crippen molar-refractivity contribution in [2.24, 2.45) is 5.92 Å². The minimum Gasteiger partial charge on any atom is -0.490 e. The first-order valence-corrected chi connectivity index (χ1v) is 9.43. The monoisotopic (exact) mass is 383 g/mol. The summed E-state index contributed by atoms with van der Waals surface area (Å²) < 4.78 is 11.4. The van der Waals surface area contributed by atoms with E-state index in [4.69, 9.17) is 14.6 Å². The maximum atomic E-state index is 11.9. The summed E-state index contributed by atoms with van der Waals surface area (Å²) in [5.74, 6) is 0.0373. The van der Waals surface area contributed by atoms with Crippen molar-refractivity contribution >= 4 is 11.9 Å². The molecule has 0 spiro atoms. The maximum Gasteiger partial charge on any atom is 0.308 e. The van der Waals surface area contributed by atoms with E-state index in [2.05, 4.69) is 0 Å². The van der Waals surface area contributed by atoms with Crippen molar-refractivity contribution in [1.82, 2.24) is 4.90 Å². The topological polar surface area (TPSA) is 76.1 Å². The van der Waals surface area contributed by atoms with Crippen LogP contribution in [0.3, 0.4) is 0 Å². The van der Waals surface area contributed by atoms with E-state index >= 15 is 0 Å². The van der Waals surface area contributed by atoms with Crippen LogP contribution < -0.4 is 9.47 Å². The van der Waals surface area contributed by atoms with Crippen molar-refractivity contribution in [3.8, 4) is 11.5 Å². The number of benzene rings is 2. The summed E-state index contributed by atoms with van der Waals surface area (Å²) in [6.45, 7) is 3.78. The first kappa shape index (κ1) is 19.7. The number of carbonyl (C=O) groups excluding carboxylic acids is 1. The van der Waals surface area contributed by atoms with Crippen LogP contribution in [-0.4, -0.2) is 48.2 Å². The number of amides is 1. The van der Waals surface area contributed by atoms with Gasteiger partial charge in [-0.25, -0.2) is 0 Å². The second-order valence-corrected chi connectivity index (χ2v) is 6.99. The van der Waals surface area contributed by atoms with Gasteiger partial charge >= 0.3 is 5.97 Å². The highest BCUT2D eigenvalue weighted by Crippen LogP contribution is 2.19. The molecule has 3 rings (SSSR count). The highest BCUT2D eigenvalue weighted by molar-refractivity contribution is 5.86. The fraction of sp³-hybridized carbons (Fsp3) is 0.364. The zero-order chi connectivity index (χ0) is 19.9. The van der Waals surface area contributed by atoms with Gasteiger partial charge in [0.05, 0.1) is 5.92 Å². The van der Waals surface area contributed by atoms with Crippen molar-refractivity contribution in [3.63, 3.8) is 0 Å². The molecule has 0 saturated carbocycles. The second kappa shape index (κ2) is 9.26. The van der Waals surface area contributed by atoms with Crippen LogP contribution >= 0.6 is 0 Å². The van der Waals surface area contributed by atoms with E-state index in [9.17, 15) is 9.59 Å². The molecule has 1 saturated heterocycles. The van der Waals surface area contributed by atoms with Gasteiger partial charge in [0, 0.05) is 19.5 Å². The van der Waals surface area contributed by atoms with Crippen LogP contribution in [0.1, 0.15) is 17.5 Å². The third kappa shape index (κ3) is 5.49. The smallest absolute Gasteiger partial charge is 0.308 e. The van der Waals surface area contributed by atoms with E-state index in [1.165, 1.54) is 0 Å². The Balaban J connectivity index is 1.39. The van der Waals surface area contributed by atoms with Crippen molar-refractivity contribution in [3.05, 3.63) is 59.7 Å². The Morgan fingerprint density at radius 1 is 1.11 bits per heavy atom. The lowest BCUT2D eigenvalue weighted by atomic mass is 10.1. The first-order chi connectivity index (χ1) is 13.5. The van der Waals surface area contributed by atoms with Crippen LogP contribution in [0.2, 0.25) is 0 Å². The number of hydrogen-bond donors (Lipinski definition) is 1. The van der Waals surface area contributed by atoms with Gasteiger partial charge in [-0.2, -0.15) is 0 Å². The fourth-order valence-electron chi connectivity index (χ4n) is 3.19. The molecule has 1 aliphatic heterocycles. The molecule has 0 aliphatic carbocycles. The number of likely N-dealkylation sites (tertiary alicyclic amines) is 1. The third-order valence-electron chi connectivity index (χ3n) is 4.77. The predicted molar refractivity (Wildman–Crippen MR) is 105 cm³/mol. The Hall–Kier alpha value is -3.02. The van der Waals surface area contributed by atoms with Crippen LogP contribution in [0.15, 0.2) is 48.5 Å². The van der Waals surface area contributed by atoms with Crippen molar-refractivity contribution in [2.75, 3.05) is 26.3 Å². The summed E-state index contributed by atoms with van der Waals surface area (Å²) in [6, 6.07) is 15.6. The molecule has 0 bridgehead atoms. The lowest BCUT2D eigenvalue weighted by molar-refractivity contribution is -0.141. The average molecular weight is 383 g/mol. The van der Waals surface area contributed by atoms with Crippen LogP contribution in [0.25, 0.3) is 0 Å². The number of aryl methyl sites for hydroxylation is 1. The number of carboxylic acids is 1. The molecule has 0 aromatic heterocycles. The quantitative estimate of drug-likeness (QED) is 0.674. The summed E-state index contributed by atoms with van der Waals surface area (Å²) in [5, 5.41) is 9.03. The largest absolute Gasteiger partial charge is 0.490 e. The molecule has 1 atom stereocenters. The number of hydrogen-bond acceptors (Lipinski definition) is 4. The Labute approximate surface area is 164 Å². The standard InChI is InChI=1S/C22H25NO5/c1-16-3-2-4-20(13-16)28-12-11-27-19-7-5-17(6-8-19)9-10-23-15-18(22(25)26)14-21(23)24/h2-8,13,18H,9-12,14-15H2,1H3,(H,25,26). The highest BCUT2D eigenvalue weighted by atomic mass is 16.5. The van der Waals surface area contributed by atoms with E-state index in [0.717, 1.165) is 22.6 Å². The molecule has 28 heavy (non-hydrogen) atoms. The molecule has 6 heteroatoms. The minimum absolute atomic E-state index is 0.0824. The molecule has 2 aromatic carbocycles. The molecule has 1 unspecified atom stereocenters. The van der Waals surface area contributed by atoms with Crippen LogP contribution in [0.4, 0.5) is 0 Å². The number of carbonyl (C=O) groups is 2. The first-order valence-electron chi connectivity index (χ1n) is 9.43. The van der Waals surface area contributed by atoms with E-state index in [0.29, 0.717) is 32.7 Å². The molecule has 6 nitrogen and oxygen atoms in total. The Morgan fingerprint density at radius 3 is 2.46 bits per heavy atom. The SMILES string of the molecule is Cc1cccc(OCCOc2ccc(CCN3CC(C(=O)O)CC3=O)cc2)c1. The normalized spacial score (nSPS) is 16.2. The van der Waals surface area contributed by atoms with E-state index in [1.54, 1.807) is 4.90 Å². The van der Waals surface area contributed by atoms with E-state index in [-0.39, 0.29) is 12.3 Å². The second-order valence-electron chi connectivity index (χ2n) is 6.99. The highest BCUT2D eigenvalue weighted by Gasteiger charge is 2.33. The lowest BCUT2D eigenvalue weighted by Crippen LogP contribution is -2.28. The molecule has 2 aromatic rings. The van der Waals surface area contributed by atoms with Gasteiger partial charge < -0.3 is 19.5 Å². The van der Waals surface area contributed by atoms with Gasteiger partial charge in [-0.05, 0) is 48.7 Å². The van der Waals surface area contributed by atoms with E-state index < -0.39 is 11.9 Å². The fourth-order valence-corrected chi connectivity index (χ4v) is 3.19. The number of nitrogens with zero attached hydrogens (tertiary/aromatic N) is 1. The summed E-state index contributed by atoms with van der Waals surface area (Å²) in [5.41, 5.74) is 2.23. The van der Waals surface area contributed by atoms with Crippen LogP contribution in [0.5, 0.6) is 11.5 Å². The summed E-state index contributed by atoms with van der Waals surface area (Å²) >= 11 is 0. The number of carboxylic acid groups (broad SMARTS) is 1. The third-order valence-corrected chi connectivity index (χ3v) is 4.77. The van der Waals surface area contributed by atoms with Crippen LogP contribution in [0, 0.1) is 12.8 Å². The molecular weight excluding hydrogens is 358 g/mol. The van der Waals surface area contributed by atoms with Crippen molar-refractivity contribution in [1.29, 1.82) is 0 Å². The van der Waals surface area contributed by atoms with Gasteiger partial charge in [0.15, 0.2) is 0 Å². The Morgan fingerprint density at radius 2 is 1.82 bits per heavy atom. The van der Waals surface area contributed by atoms with Gasteiger partial charge in [-0.3, -0.25) is 9.59 Å². The lowest BCUT2D eigenvalue weighted by Gasteiger charge is -2.16. The summed E-state index contributed by atoms with van der Waals surface area (Å²) in [4.78, 5) is 24.5. The predicted octanol–water partition coefficient (Wildman–Crippen LogP) is 2.93. The molecule has 148 valence electrons. The van der Waals surface area contributed by atoms with Gasteiger partial charge in [0.25, 0.3) is 0 Å². The molecule has 0 radical (unpaired) electrons. The molecule has 1 aliphatic rings. The minimum atomic E-state index is -0.899. The summed E-state index contributed by atoms with van der Waals surface area (Å²) in [6.07, 6.45) is 0.793. The van der Waals surface area contributed by atoms with Gasteiger partial charge in [-0.1, -0.05) is 24.3 Å². The van der Waals surface area contributed by atoms with Crippen molar-refractivity contribution in [2.45, 2.75) is 19.8 Å².